The van der Waals surface area contributed by atoms with E-state index >= 15 is 0 Å². The molecule has 6 heteroatoms. The van der Waals surface area contributed by atoms with Crippen molar-refractivity contribution in [1.82, 2.24) is 0 Å². The Morgan fingerprint density at radius 1 is 1.53 bits per heavy atom. The van der Waals surface area contributed by atoms with E-state index < -0.39 is 5.97 Å². The standard InChI is InChI=1S/C13H16BrNO4/c1-7-12(14)8(9(15)2-3-11(16)17)6-10-13(7)19-5-4-18-10/h6,9H,2-5,15H2,1H3,(H,16,17). The summed E-state index contributed by atoms with van der Waals surface area (Å²) in [7, 11) is 0. The van der Waals surface area contributed by atoms with Gasteiger partial charge in [-0.25, -0.2) is 0 Å². The fourth-order valence-corrected chi connectivity index (χ4v) is 2.65. The predicted octanol–water partition coefficient (Wildman–Crippen LogP) is 2.39. The van der Waals surface area contributed by atoms with E-state index in [0.717, 1.165) is 21.3 Å². The summed E-state index contributed by atoms with van der Waals surface area (Å²) in [4.78, 5) is 10.6. The van der Waals surface area contributed by atoms with Crippen LogP contribution in [0.25, 0.3) is 0 Å². The largest absolute Gasteiger partial charge is 0.486 e. The molecule has 0 spiro atoms. The summed E-state index contributed by atoms with van der Waals surface area (Å²) in [6.07, 6.45) is 0.425. The number of halogens is 1. The number of fused-ring (bicyclic) bond motifs is 1. The van der Waals surface area contributed by atoms with Gasteiger partial charge >= 0.3 is 5.97 Å². The molecule has 104 valence electrons. The van der Waals surface area contributed by atoms with Crippen molar-refractivity contribution in [3.05, 3.63) is 21.7 Å². The van der Waals surface area contributed by atoms with Crippen LogP contribution in [-0.2, 0) is 4.79 Å². The average molecular weight is 330 g/mol. The molecule has 1 heterocycles. The molecule has 1 aromatic rings. The number of benzene rings is 1. The highest BCUT2D eigenvalue weighted by Gasteiger charge is 2.22. The van der Waals surface area contributed by atoms with E-state index in [-0.39, 0.29) is 12.5 Å². The van der Waals surface area contributed by atoms with E-state index in [1.165, 1.54) is 0 Å². The number of carboxylic acids is 1. The number of nitrogens with two attached hydrogens (primary N) is 1. The van der Waals surface area contributed by atoms with Crippen LogP contribution in [-0.4, -0.2) is 24.3 Å². The van der Waals surface area contributed by atoms with Crippen LogP contribution in [0.4, 0.5) is 0 Å². The van der Waals surface area contributed by atoms with Gasteiger partial charge in [-0.2, -0.15) is 0 Å². The third-order valence-electron chi connectivity index (χ3n) is 3.09. The zero-order chi connectivity index (χ0) is 14.0. The first-order valence-corrected chi connectivity index (χ1v) is 6.86. The van der Waals surface area contributed by atoms with Gasteiger partial charge in [-0.3, -0.25) is 4.79 Å². The van der Waals surface area contributed by atoms with Gasteiger partial charge in [0, 0.05) is 22.5 Å². The lowest BCUT2D eigenvalue weighted by Crippen LogP contribution is -2.19. The summed E-state index contributed by atoms with van der Waals surface area (Å²) in [5.74, 6) is 0.556. The van der Waals surface area contributed by atoms with E-state index in [2.05, 4.69) is 15.9 Å². The lowest BCUT2D eigenvalue weighted by Gasteiger charge is -2.24. The van der Waals surface area contributed by atoms with Gasteiger partial charge in [0.1, 0.15) is 13.2 Å². The molecule has 0 aromatic heterocycles. The molecule has 2 rings (SSSR count). The van der Waals surface area contributed by atoms with Gasteiger partial charge in [0.15, 0.2) is 11.5 Å². The molecular formula is C13H16BrNO4. The van der Waals surface area contributed by atoms with Crippen molar-refractivity contribution in [3.8, 4) is 11.5 Å². The lowest BCUT2D eigenvalue weighted by atomic mass is 9.99. The SMILES string of the molecule is Cc1c(Br)c(C(N)CCC(=O)O)cc2c1OCCO2. The van der Waals surface area contributed by atoms with Crippen LogP contribution in [0, 0.1) is 6.92 Å². The molecule has 1 unspecified atom stereocenters. The van der Waals surface area contributed by atoms with Gasteiger partial charge < -0.3 is 20.3 Å². The zero-order valence-corrected chi connectivity index (χ0v) is 12.2. The second kappa shape index (κ2) is 5.79. The quantitative estimate of drug-likeness (QED) is 0.886. The van der Waals surface area contributed by atoms with Gasteiger partial charge in [0.2, 0.25) is 0 Å². The smallest absolute Gasteiger partial charge is 0.303 e. The van der Waals surface area contributed by atoms with Gasteiger partial charge in [-0.15, -0.1) is 0 Å². The molecule has 1 aliphatic rings. The monoisotopic (exact) mass is 329 g/mol. The van der Waals surface area contributed by atoms with Crippen LogP contribution in [0.2, 0.25) is 0 Å². The Labute approximate surface area is 119 Å². The Hall–Kier alpha value is -1.27. The number of carboxylic acid groups (broad SMARTS) is 1. The second-order valence-corrected chi connectivity index (χ2v) is 5.26. The van der Waals surface area contributed by atoms with Crippen molar-refractivity contribution < 1.29 is 19.4 Å². The summed E-state index contributed by atoms with van der Waals surface area (Å²) in [6, 6.07) is 1.48. The van der Waals surface area contributed by atoms with E-state index in [4.69, 9.17) is 20.3 Å². The summed E-state index contributed by atoms with van der Waals surface area (Å²) in [6.45, 7) is 2.97. The minimum absolute atomic E-state index is 0.0428. The van der Waals surface area contributed by atoms with E-state index in [1.807, 2.05) is 13.0 Å². The Bertz CT molecular complexity index is 504. The predicted molar refractivity (Wildman–Crippen MR) is 73.7 cm³/mol. The highest BCUT2D eigenvalue weighted by Crippen LogP contribution is 2.42. The maximum Gasteiger partial charge on any atom is 0.303 e. The van der Waals surface area contributed by atoms with Crippen molar-refractivity contribution in [1.29, 1.82) is 0 Å². The number of rotatable bonds is 4. The van der Waals surface area contributed by atoms with Crippen LogP contribution < -0.4 is 15.2 Å². The molecule has 0 radical (unpaired) electrons. The Kier molecular flexibility index (Phi) is 4.31. The Morgan fingerprint density at radius 3 is 2.89 bits per heavy atom. The highest BCUT2D eigenvalue weighted by molar-refractivity contribution is 9.10. The molecule has 0 fully saturated rings. The van der Waals surface area contributed by atoms with E-state index in [9.17, 15) is 4.79 Å². The fraction of sp³-hybridized carbons (Fsp3) is 0.462. The van der Waals surface area contributed by atoms with E-state index in [0.29, 0.717) is 25.4 Å². The first-order chi connectivity index (χ1) is 9.00. The number of hydrogen-bond donors (Lipinski definition) is 2. The van der Waals surface area contributed by atoms with Crippen LogP contribution in [0.1, 0.15) is 30.0 Å². The first-order valence-electron chi connectivity index (χ1n) is 6.06. The maximum absolute atomic E-state index is 10.6. The molecule has 1 atom stereocenters. The molecule has 0 aliphatic carbocycles. The van der Waals surface area contributed by atoms with Crippen LogP contribution in [0.15, 0.2) is 10.5 Å². The van der Waals surface area contributed by atoms with Crippen molar-refractivity contribution >= 4 is 21.9 Å². The van der Waals surface area contributed by atoms with E-state index in [1.54, 1.807) is 0 Å². The lowest BCUT2D eigenvalue weighted by molar-refractivity contribution is -0.137. The number of carbonyl (C=O) groups is 1. The molecule has 0 saturated carbocycles. The maximum atomic E-state index is 10.6. The number of aliphatic carboxylic acids is 1. The van der Waals surface area contributed by atoms with Gasteiger partial charge in [0.05, 0.1) is 0 Å². The summed E-state index contributed by atoms with van der Waals surface area (Å²) in [5.41, 5.74) is 7.84. The molecule has 19 heavy (non-hydrogen) atoms. The molecule has 0 saturated heterocycles. The van der Waals surface area contributed by atoms with Crippen molar-refractivity contribution in [2.24, 2.45) is 5.73 Å². The summed E-state index contributed by atoms with van der Waals surface area (Å²) in [5, 5.41) is 8.71. The molecule has 1 aliphatic heterocycles. The third-order valence-corrected chi connectivity index (χ3v) is 4.14. The first kappa shape index (κ1) is 14.1. The molecule has 0 amide bonds. The van der Waals surface area contributed by atoms with Gasteiger partial charge in [-0.1, -0.05) is 15.9 Å². The normalized spacial score (nSPS) is 15.1. The number of hydrogen-bond acceptors (Lipinski definition) is 4. The molecule has 5 nitrogen and oxygen atoms in total. The van der Waals surface area contributed by atoms with Gasteiger partial charge in [0.25, 0.3) is 0 Å². The van der Waals surface area contributed by atoms with Crippen molar-refractivity contribution in [2.75, 3.05) is 13.2 Å². The summed E-state index contributed by atoms with van der Waals surface area (Å²) < 4.78 is 12.0. The topological polar surface area (TPSA) is 81.8 Å². The number of ether oxygens (including phenoxy) is 2. The van der Waals surface area contributed by atoms with Crippen LogP contribution >= 0.6 is 15.9 Å². The van der Waals surface area contributed by atoms with Gasteiger partial charge in [-0.05, 0) is 25.0 Å². The summed E-state index contributed by atoms with van der Waals surface area (Å²) >= 11 is 3.50. The fourth-order valence-electron chi connectivity index (χ4n) is 2.06. The second-order valence-electron chi connectivity index (χ2n) is 4.47. The van der Waals surface area contributed by atoms with Crippen LogP contribution in [0.3, 0.4) is 0 Å². The zero-order valence-electron chi connectivity index (χ0n) is 10.6. The van der Waals surface area contributed by atoms with Crippen molar-refractivity contribution in [3.63, 3.8) is 0 Å². The average Bonchev–Trinajstić information content (AvgIpc) is 2.40. The molecule has 3 N–H and O–H groups in total. The van der Waals surface area contributed by atoms with Crippen LogP contribution in [0.5, 0.6) is 11.5 Å². The molecule has 0 bridgehead atoms. The Morgan fingerprint density at radius 2 is 2.21 bits per heavy atom. The molecular weight excluding hydrogens is 314 g/mol. The minimum Gasteiger partial charge on any atom is -0.486 e. The third kappa shape index (κ3) is 3.01. The Balaban J connectivity index is 2.30. The minimum atomic E-state index is -0.846. The highest BCUT2D eigenvalue weighted by atomic mass is 79.9. The van der Waals surface area contributed by atoms with Crippen molar-refractivity contribution in [2.45, 2.75) is 25.8 Å². The molecule has 1 aromatic carbocycles.